The Morgan fingerprint density at radius 1 is 1.00 bits per heavy atom. The van der Waals surface area contributed by atoms with E-state index in [4.69, 9.17) is 21.1 Å². The molecule has 0 radical (unpaired) electrons. The molecular formula is C19H17ClN4O5S. The van der Waals surface area contributed by atoms with E-state index in [-0.39, 0.29) is 28.5 Å². The molecule has 0 saturated carbocycles. The van der Waals surface area contributed by atoms with Crippen molar-refractivity contribution in [1.82, 2.24) is 9.97 Å². The Morgan fingerprint density at radius 2 is 1.73 bits per heavy atom. The minimum atomic E-state index is -3.95. The number of ether oxygens (including phenoxy) is 2. The number of sulfonamides is 1. The summed E-state index contributed by atoms with van der Waals surface area (Å²) in [6.07, 6.45) is 0. The number of halogens is 1. The first-order chi connectivity index (χ1) is 14.3. The van der Waals surface area contributed by atoms with Crippen LogP contribution < -0.4 is 19.5 Å². The van der Waals surface area contributed by atoms with Crippen LogP contribution in [0.3, 0.4) is 0 Å². The molecule has 2 N–H and O–H groups in total. The molecule has 1 heterocycles. The molecule has 0 aliphatic heterocycles. The normalized spacial score (nSPS) is 10.9. The van der Waals surface area contributed by atoms with Crippen LogP contribution in [0.5, 0.6) is 11.9 Å². The van der Waals surface area contributed by atoms with Gasteiger partial charge in [0.25, 0.3) is 15.9 Å². The maximum Gasteiger partial charge on any atom is 0.321 e. The van der Waals surface area contributed by atoms with Crippen LogP contribution in [0.25, 0.3) is 0 Å². The number of anilines is 2. The molecule has 0 spiro atoms. The van der Waals surface area contributed by atoms with Gasteiger partial charge in [-0.05, 0) is 42.5 Å². The number of nitrogens with one attached hydrogen (secondary N) is 2. The summed E-state index contributed by atoms with van der Waals surface area (Å²) in [6, 6.07) is 13.4. The molecule has 156 valence electrons. The van der Waals surface area contributed by atoms with Crippen molar-refractivity contribution in [2.24, 2.45) is 0 Å². The zero-order chi connectivity index (χ0) is 21.7. The average molecular weight is 449 g/mol. The Hall–Kier alpha value is -3.37. The largest absolute Gasteiger partial charge is 0.481 e. The molecule has 30 heavy (non-hydrogen) atoms. The lowest BCUT2D eigenvalue weighted by Gasteiger charge is -2.10. The van der Waals surface area contributed by atoms with E-state index in [1.807, 2.05) is 0 Å². The van der Waals surface area contributed by atoms with Gasteiger partial charge in [-0.2, -0.15) is 9.97 Å². The number of hydrogen-bond acceptors (Lipinski definition) is 7. The van der Waals surface area contributed by atoms with Crippen molar-refractivity contribution in [3.8, 4) is 11.9 Å². The number of nitrogens with zero attached hydrogens (tertiary/aromatic N) is 2. The van der Waals surface area contributed by atoms with Gasteiger partial charge in [0.2, 0.25) is 5.88 Å². The van der Waals surface area contributed by atoms with Gasteiger partial charge in [0.05, 0.1) is 19.1 Å². The Bertz CT molecular complexity index is 1150. The number of carbonyl (C=O) groups is 1. The lowest BCUT2D eigenvalue weighted by atomic mass is 10.2. The van der Waals surface area contributed by atoms with Crippen molar-refractivity contribution >= 4 is 39.0 Å². The van der Waals surface area contributed by atoms with Gasteiger partial charge in [-0.15, -0.1) is 0 Å². The molecular weight excluding hydrogens is 432 g/mol. The molecule has 2 aromatic carbocycles. The third-order valence-corrected chi connectivity index (χ3v) is 5.43. The van der Waals surface area contributed by atoms with Gasteiger partial charge in [-0.3, -0.25) is 9.52 Å². The smallest absolute Gasteiger partial charge is 0.321 e. The highest BCUT2D eigenvalue weighted by Crippen LogP contribution is 2.22. The van der Waals surface area contributed by atoms with Gasteiger partial charge in [-0.1, -0.05) is 17.7 Å². The third kappa shape index (κ3) is 5.16. The van der Waals surface area contributed by atoms with E-state index in [9.17, 15) is 13.2 Å². The van der Waals surface area contributed by atoms with Gasteiger partial charge in [-0.25, -0.2) is 8.42 Å². The lowest BCUT2D eigenvalue weighted by molar-refractivity contribution is 0.102. The van der Waals surface area contributed by atoms with Crippen LogP contribution >= 0.6 is 11.6 Å². The van der Waals surface area contributed by atoms with Crippen LogP contribution in [0, 0.1) is 0 Å². The highest BCUT2D eigenvalue weighted by molar-refractivity contribution is 7.92. The molecule has 0 aliphatic rings. The molecule has 3 aromatic rings. The third-order valence-electron chi connectivity index (χ3n) is 3.82. The standard InChI is InChI=1S/C19H17ClN4O5S/c1-28-17-11-16(22-19(23-17)29-2)24-30(26,27)15-8-6-14(7-9-15)21-18(25)12-4-3-5-13(20)10-12/h3-11H,1-2H3,(H,21,25)(H,22,23,24). The monoisotopic (exact) mass is 448 g/mol. The van der Waals surface area contributed by atoms with Gasteiger partial charge in [0.1, 0.15) is 0 Å². The predicted octanol–water partition coefficient (Wildman–Crippen LogP) is 3.20. The molecule has 0 fully saturated rings. The van der Waals surface area contributed by atoms with Crippen LogP contribution in [0.2, 0.25) is 5.02 Å². The SMILES string of the molecule is COc1cc(NS(=O)(=O)c2ccc(NC(=O)c3cccc(Cl)c3)cc2)nc(OC)n1. The first-order valence-corrected chi connectivity index (χ1v) is 10.3. The molecule has 0 unspecified atom stereocenters. The number of hydrogen-bond donors (Lipinski definition) is 2. The quantitative estimate of drug-likeness (QED) is 0.569. The Morgan fingerprint density at radius 3 is 2.37 bits per heavy atom. The van der Waals surface area contributed by atoms with Crippen LogP contribution in [0.15, 0.2) is 59.5 Å². The van der Waals surface area contributed by atoms with Crippen molar-refractivity contribution in [1.29, 1.82) is 0 Å². The van der Waals surface area contributed by atoms with Crippen LogP contribution in [0.4, 0.5) is 11.5 Å². The minimum Gasteiger partial charge on any atom is -0.481 e. The Balaban J connectivity index is 1.75. The number of carbonyl (C=O) groups excluding carboxylic acids is 1. The Labute approximate surface area is 178 Å². The lowest BCUT2D eigenvalue weighted by Crippen LogP contribution is -2.15. The highest BCUT2D eigenvalue weighted by atomic mass is 35.5. The van der Waals surface area contributed by atoms with E-state index in [0.717, 1.165) is 0 Å². The van der Waals surface area contributed by atoms with Crippen LogP contribution in [-0.4, -0.2) is 38.5 Å². The van der Waals surface area contributed by atoms with E-state index in [0.29, 0.717) is 16.3 Å². The molecule has 0 atom stereocenters. The molecule has 0 bridgehead atoms. The van der Waals surface area contributed by atoms with E-state index in [1.54, 1.807) is 18.2 Å². The summed E-state index contributed by atoms with van der Waals surface area (Å²) in [4.78, 5) is 20.1. The first-order valence-electron chi connectivity index (χ1n) is 8.47. The highest BCUT2D eigenvalue weighted by Gasteiger charge is 2.17. The fourth-order valence-corrected chi connectivity index (χ4v) is 3.58. The molecule has 1 amide bonds. The molecule has 0 aliphatic carbocycles. The van der Waals surface area contributed by atoms with E-state index >= 15 is 0 Å². The number of rotatable bonds is 7. The van der Waals surface area contributed by atoms with Crippen molar-refractivity contribution in [3.63, 3.8) is 0 Å². The zero-order valence-corrected chi connectivity index (χ0v) is 17.5. The second-order valence-corrected chi connectivity index (χ2v) is 8.00. The summed E-state index contributed by atoms with van der Waals surface area (Å²) in [5.41, 5.74) is 0.803. The summed E-state index contributed by atoms with van der Waals surface area (Å²) in [6.45, 7) is 0. The fourth-order valence-electron chi connectivity index (χ4n) is 2.40. The number of amides is 1. The number of benzene rings is 2. The average Bonchev–Trinajstić information content (AvgIpc) is 2.73. The van der Waals surface area contributed by atoms with Crippen molar-refractivity contribution < 1.29 is 22.7 Å². The topological polar surface area (TPSA) is 120 Å². The van der Waals surface area contributed by atoms with Gasteiger partial charge >= 0.3 is 6.01 Å². The van der Waals surface area contributed by atoms with Crippen molar-refractivity contribution in [3.05, 3.63) is 65.2 Å². The van der Waals surface area contributed by atoms with Crippen molar-refractivity contribution in [2.45, 2.75) is 4.90 Å². The molecule has 0 saturated heterocycles. The van der Waals surface area contributed by atoms with Gasteiger partial charge in [0, 0.05) is 22.3 Å². The first kappa shape index (κ1) is 21.3. The molecule has 1 aromatic heterocycles. The molecule has 3 rings (SSSR count). The summed E-state index contributed by atoms with van der Waals surface area (Å²) >= 11 is 5.89. The summed E-state index contributed by atoms with van der Waals surface area (Å²) < 4.78 is 37.5. The molecule has 11 heteroatoms. The van der Waals surface area contributed by atoms with E-state index in [1.165, 1.54) is 50.6 Å². The van der Waals surface area contributed by atoms with E-state index in [2.05, 4.69) is 20.0 Å². The van der Waals surface area contributed by atoms with Gasteiger partial charge < -0.3 is 14.8 Å². The minimum absolute atomic E-state index is 0.0166. The van der Waals surface area contributed by atoms with Crippen LogP contribution in [-0.2, 0) is 10.0 Å². The predicted molar refractivity (Wildman–Crippen MR) is 112 cm³/mol. The second-order valence-electron chi connectivity index (χ2n) is 5.88. The van der Waals surface area contributed by atoms with Crippen LogP contribution in [0.1, 0.15) is 10.4 Å². The second kappa shape index (κ2) is 8.97. The number of methoxy groups -OCH3 is 2. The van der Waals surface area contributed by atoms with E-state index < -0.39 is 10.0 Å². The zero-order valence-electron chi connectivity index (χ0n) is 15.9. The van der Waals surface area contributed by atoms with Crippen molar-refractivity contribution in [2.75, 3.05) is 24.3 Å². The maximum atomic E-state index is 12.6. The molecule has 9 nitrogen and oxygen atoms in total. The maximum absolute atomic E-state index is 12.6. The summed E-state index contributed by atoms with van der Waals surface area (Å²) in [5.74, 6) is -0.248. The fraction of sp³-hybridized carbons (Fsp3) is 0.105. The number of aromatic nitrogens is 2. The summed E-state index contributed by atoms with van der Waals surface area (Å²) in [7, 11) is -1.21. The Kier molecular flexibility index (Phi) is 6.38. The summed E-state index contributed by atoms with van der Waals surface area (Å²) in [5, 5.41) is 3.12. The van der Waals surface area contributed by atoms with Gasteiger partial charge in [0.15, 0.2) is 5.82 Å².